The topological polar surface area (TPSA) is 50.7 Å². The molecule has 4 nitrogen and oxygen atoms in total. The monoisotopic (exact) mass is 584 g/mol. The SMILES string of the molecule is O=C(Cc1ccc(Cl)cc1)N/N=C\c1cc(Br)c(OCc2cccc3ccccc23)c(Br)c1. The fourth-order valence-corrected chi connectivity index (χ4v) is 4.94. The van der Waals surface area contributed by atoms with Gasteiger partial charge in [0.2, 0.25) is 5.91 Å². The Morgan fingerprint density at radius 2 is 1.67 bits per heavy atom. The maximum Gasteiger partial charge on any atom is 0.244 e. The molecule has 0 fully saturated rings. The fraction of sp³-hybridized carbons (Fsp3) is 0.0769. The number of amides is 1. The number of nitrogens with one attached hydrogen (secondary N) is 1. The minimum Gasteiger partial charge on any atom is -0.487 e. The van der Waals surface area contributed by atoms with E-state index in [-0.39, 0.29) is 12.3 Å². The van der Waals surface area contributed by atoms with E-state index in [0.29, 0.717) is 17.4 Å². The quantitative estimate of drug-likeness (QED) is 0.183. The van der Waals surface area contributed by atoms with Gasteiger partial charge in [-0.25, -0.2) is 5.43 Å². The highest BCUT2D eigenvalue weighted by Gasteiger charge is 2.10. The lowest BCUT2D eigenvalue weighted by Gasteiger charge is -2.13. The number of nitrogens with zero attached hydrogens (tertiary/aromatic N) is 1. The van der Waals surface area contributed by atoms with Crippen LogP contribution in [0.15, 0.2) is 92.9 Å². The Morgan fingerprint density at radius 1 is 0.970 bits per heavy atom. The highest BCUT2D eigenvalue weighted by Crippen LogP contribution is 2.35. The fourth-order valence-electron chi connectivity index (χ4n) is 3.37. The zero-order valence-electron chi connectivity index (χ0n) is 17.4. The average Bonchev–Trinajstić information content (AvgIpc) is 2.80. The van der Waals surface area contributed by atoms with Crippen molar-refractivity contribution in [2.75, 3.05) is 0 Å². The largest absolute Gasteiger partial charge is 0.487 e. The van der Waals surface area contributed by atoms with Crippen molar-refractivity contribution in [3.8, 4) is 5.75 Å². The van der Waals surface area contributed by atoms with Crippen molar-refractivity contribution < 1.29 is 9.53 Å². The molecule has 33 heavy (non-hydrogen) atoms. The van der Waals surface area contributed by atoms with Crippen molar-refractivity contribution in [2.24, 2.45) is 5.10 Å². The molecule has 1 amide bonds. The Labute approximate surface area is 213 Å². The molecule has 7 heteroatoms. The normalized spacial score (nSPS) is 11.1. The number of ether oxygens (including phenoxy) is 1. The molecule has 0 aliphatic heterocycles. The van der Waals surface area contributed by atoms with Crippen LogP contribution in [0.5, 0.6) is 5.75 Å². The maximum absolute atomic E-state index is 12.1. The lowest BCUT2D eigenvalue weighted by Crippen LogP contribution is -2.19. The van der Waals surface area contributed by atoms with E-state index >= 15 is 0 Å². The summed E-state index contributed by atoms with van der Waals surface area (Å²) in [6.45, 7) is 0.437. The number of rotatable bonds is 7. The van der Waals surface area contributed by atoms with E-state index in [4.69, 9.17) is 16.3 Å². The Kier molecular flexibility index (Phi) is 7.81. The summed E-state index contributed by atoms with van der Waals surface area (Å²) in [5.41, 5.74) is 5.33. The molecule has 0 saturated carbocycles. The number of carbonyl (C=O) groups excluding carboxylic acids is 1. The molecule has 0 aliphatic carbocycles. The van der Waals surface area contributed by atoms with Crippen LogP contribution in [0, 0.1) is 0 Å². The number of fused-ring (bicyclic) bond motifs is 1. The van der Waals surface area contributed by atoms with Crippen molar-refractivity contribution in [1.29, 1.82) is 0 Å². The summed E-state index contributed by atoms with van der Waals surface area (Å²) in [7, 11) is 0. The first kappa shape index (κ1) is 23.5. The lowest BCUT2D eigenvalue weighted by atomic mass is 10.1. The molecular weight excluding hydrogens is 568 g/mol. The number of hydrogen-bond acceptors (Lipinski definition) is 3. The standard InChI is InChI=1S/C26H19Br2ClN2O2/c27-23-12-18(15-30-31-25(32)14-17-8-10-21(29)11-9-17)13-24(28)26(23)33-16-20-6-3-5-19-4-1-2-7-22(19)20/h1-13,15H,14,16H2,(H,31,32)/b30-15-. The Balaban J connectivity index is 1.39. The highest BCUT2D eigenvalue weighted by molar-refractivity contribution is 9.11. The zero-order valence-corrected chi connectivity index (χ0v) is 21.3. The molecule has 0 saturated heterocycles. The van der Waals surface area contributed by atoms with Gasteiger partial charge >= 0.3 is 0 Å². The molecule has 0 aromatic heterocycles. The first-order valence-corrected chi connectivity index (χ1v) is 12.1. The number of halogens is 3. The minimum absolute atomic E-state index is 0.207. The molecule has 166 valence electrons. The second-order valence-electron chi connectivity index (χ2n) is 7.34. The third kappa shape index (κ3) is 6.22. The molecule has 0 aliphatic rings. The Hall–Kier alpha value is -2.67. The van der Waals surface area contributed by atoms with Gasteiger partial charge in [0, 0.05) is 5.02 Å². The van der Waals surface area contributed by atoms with Crippen LogP contribution >= 0.6 is 43.5 Å². The van der Waals surface area contributed by atoms with Gasteiger partial charge < -0.3 is 4.74 Å². The van der Waals surface area contributed by atoms with Gasteiger partial charge in [0.15, 0.2) is 0 Å². The van der Waals surface area contributed by atoms with E-state index in [0.717, 1.165) is 25.6 Å². The molecule has 4 rings (SSSR count). The predicted molar refractivity (Wildman–Crippen MR) is 141 cm³/mol. The van der Waals surface area contributed by atoms with Gasteiger partial charge in [0.05, 0.1) is 21.6 Å². The van der Waals surface area contributed by atoms with E-state index in [1.807, 2.05) is 42.5 Å². The van der Waals surface area contributed by atoms with Crippen molar-refractivity contribution in [2.45, 2.75) is 13.0 Å². The minimum atomic E-state index is -0.207. The van der Waals surface area contributed by atoms with Crippen LogP contribution in [0.4, 0.5) is 0 Å². The summed E-state index contributed by atoms with van der Waals surface area (Å²) in [6, 6.07) is 25.4. The first-order valence-electron chi connectivity index (χ1n) is 10.1. The molecule has 4 aromatic carbocycles. The van der Waals surface area contributed by atoms with Crippen LogP contribution in [0.1, 0.15) is 16.7 Å². The molecule has 0 atom stereocenters. The van der Waals surface area contributed by atoms with Gasteiger partial charge in [0.1, 0.15) is 12.4 Å². The van der Waals surface area contributed by atoms with Crippen LogP contribution in [-0.4, -0.2) is 12.1 Å². The van der Waals surface area contributed by atoms with Crippen molar-refractivity contribution >= 4 is 66.4 Å². The zero-order chi connectivity index (χ0) is 23.2. The molecule has 4 aromatic rings. The van der Waals surface area contributed by atoms with Crippen LogP contribution in [-0.2, 0) is 17.8 Å². The van der Waals surface area contributed by atoms with Gasteiger partial charge in [-0.2, -0.15) is 5.10 Å². The van der Waals surface area contributed by atoms with Crippen molar-refractivity contribution in [1.82, 2.24) is 5.43 Å². The summed E-state index contributed by atoms with van der Waals surface area (Å²) in [4.78, 5) is 12.1. The number of carbonyl (C=O) groups is 1. The molecule has 0 radical (unpaired) electrons. The molecule has 0 heterocycles. The van der Waals surface area contributed by atoms with E-state index in [2.05, 4.69) is 66.7 Å². The summed E-state index contributed by atoms with van der Waals surface area (Å²) >= 11 is 13.0. The van der Waals surface area contributed by atoms with E-state index in [9.17, 15) is 4.79 Å². The number of hydrogen-bond donors (Lipinski definition) is 1. The second kappa shape index (κ2) is 11.0. The lowest BCUT2D eigenvalue weighted by molar-refractivity contribution is -0.120. The summed E-state index contributed by atoms with van der Waals surface area (Å²) in [5.74, 6) is 0.494. The van der Waals surface area contributed by atoms with E-state index in [1.54, 1.807) is 18.3 Å². The van der Waals surface area contributed by atoms with E-state index < -0.39 is 0 Å². The van der Waals surface area contributed by atoms with Crippen molar-refractivity contribution in [3.63, 3.8) is 0 Å². The predicted octanol–water partition coefficient (Wildman–Crippen LogP) is 7.29. The van der Waals surface area contributed by atoms with Crippen LogP contribution in [0.25, 0.3) is 10.8 Å². The van der Waals surface area contributed by atoms with E-state index in [1.165, 1.54) is 10.8 Å². The molecular formula is C26H19Br2ClN2O2. The Bertz CT molecular complexity index is 1300. The summed E-state index contributed by atoms with van der Waals surface area (Å²) in [6.07, 6.45) is 1.81. The van der Waals surface area contributed by atoms with Gasteiger partial charge in [-0.1, -0.05) is 66.2 Å². The number of benzene rings is 4. The summed E-state index contributed by atoms with van der Waals surface area (Å²) < 4.78 is 7.68. The average molecular weight is 587 g/mol. The first-order chi connectivity index (χ1) is 16.0. The number of hydrazone groups is 1. The molecule has 1 N–H and O–H groups in total. The molecule has 0 spiro atoms. The van der Waals surface area contributed by atoms with Gasteiger partial charge in [-0.05, 0) is 83.6 Å². The molecule has 0 bridgehead atoms. The maximum atomic E-state index is 12.1. The van der Waals surface area contributed by atoms with Crippen molar-refractivity contribution in [3.05, 3.63) is 110 Å². The summed E-state index contributed by atoms with van der Waals surface area (Å²) in [5, 5.41) is 7.05. The van der Waals surface area contributed by atoms with Crippen LogP contribution < -0.4 is 10.2 Å². The highest BCUT2D eigenvalue weighted by atomic mass is 79.9. The van der Waals surface area contributed by atoms with Gasteiger partial charge in [-0.15, -0.1) is 0 Å². The smallest absolute Gasteiger partial charge is 0.244 e. The van der Waals surface area contributed by atoms with Gasteiger partial charge in [0.25, 0.3) is 0 Å². The van der Waals surface area contributed by atoms with Crippen LogP contribution in [0.2, 0.25) is 5.02 Å². The van der Waals surface area contributed by atoms with Gasteiger partial charge in [-0.3, -0.25) is 4.79 Å². The Morgan fingerprint density at radius 3 is 2.42 bits per heavy atom. The molecule has 0 unspecified atom stereocenters. The third-order valence-electron chi connectivity index (χ3n) is 4.95. The second-order valence-corrected chi connectivity index (χ2v) is 9.48. The van der Waals surface area contributed by atoms with Crippen LogP contribution in [0.3, 0.4) is 0 Å². The third-order valence-corrected chi connectivity index (χ3v) is 6.38.